The molecule has 0 aliphatic heterocycles. The average Bonchev–Trinajstić information content (AvgIpc) is 2.77. The van der Waals surface area contributed by atoms with E-state index < -0.39 is 0 Å². The van der Waals surface area contributed by atoms with Gasteiger partial charge < -0.3 is 10.2 Å². The highest BCUT2D eigenvalue weighted by molar-refractivity contribution is 5.35. The van der Waals surface area contributed by atoms with Gasteiger partial charge in [-0.25, -0.2) is 0 Å². The van der Waals surface area contributed by atoms with Crippen LogP contribution in [0.5, 0.6) is 0 Å². The van der Waals surface area contributed by atoms with Gasteiger partial charge in [0, 0.05) is 5.41 Å². The topological polar surface area (TPSA) is 40.5 Å². The fraction of sp³-hybridized carbons (Fsp3) is 0.800. The molecule has 0 saturated heterocycles. The van der Waals surface area contributed by atoms with Crippen molar-refractivity contribution in [1.82, 2.24) is 0 Å². The molecule has 2 N–H and O–H groups in total. The molecule has 2 saturated carbocycles. The maximum atomic E-state index is 10.5. The SMILES string of the molecule is CC1=C2[C@@H](CC[C@]3(C)C(O)CC[C@@H]23)[C@@]2(C)C=CC(O)CC2C1. The van der Waals surface area contributed by atoms with Crippen molar-refractivity contribution in [2.75, 3.05) is 0 Å². The summed E-state index contributed by atoms with van der Waals surface area (Å²) in [6, 6.07) is 0. The molecule has 0 heterocycles. The summed E-state index contributed by atoms with van der Waals surface area (Å²) in [5.74, 6) is 1.79. The second kappa shape index (κ2) is 4.70. The lowest BCUT2D eigenvalue weighted by molar-refractivity contribution is -0.00912. The van der Waals surface area contributed by atoms with Crippen LogP contribution < -0.4 is 0 Å². The molecule has 0 spiro atoms. The molecule has 0 aromatic rings. The van der Waals surface area contributed by atoms with Crippen LogP contribution in [0, 0.1) is 28.6 Å². The van der Waals surface area contributed by atoms with Crippen LogP contribution in [0.2, 0.25) is 0 Å². The minimum Gasteiger partial charge on any atom is -0.393 e. The summed E-state index contributed by atoms with van der Waals surface area (Å²) < 4.78 is 0. The third kappa shape index (κ3) is 1.80. The Labute approximate surface area is 134 Å². The molecule has 22 heavy (non-hydrogen) atoms. The van der Waals surface area contributed by atoms with Crippen LogP contribution in [0.1, 0.15) is 59.3 Å². The average molecular weight is 302 g/mol. The Balaban J connectivity index is 1.78. The second-order valence-corrected chi connectivity index (χ2v) is 8.91. The summed E-state index contributed by atoms with van der Waals surface area (Å²) in [7, 11) is 0. The first-order valence-corrected chi connectivity index (χ1v) is 9.11. The first-order chi connectivity index (χ1) is 10.4. The summed E-state index contributed by atoms with van der Waals surface area (Å²) in [6.45, 7) is 7.06. The quantitative estimate of drug-likeness (QED) is 0.668. The number of aliphatic hydroxyl groups excluding tert-OH is 2. The van der Waals surface area contributed by atoms with Gasteiger partial charge in [0.1, 0.15) is 0 Å². The molecule has 0 amide bonds. The Morgan fingerprint density at radius 3 is 2.64 bits per heavy atom. The largest absolute Gasteiger partial charge is 0.393 e. The zero-order valence-electron chi connectivity index (χ0n) is 14.2. The zero-order valence-corrected chi connectivity index (χ0v) is 14.2. The molecule has 0 aromatic heterocycles. The van der Waals surface area contributed by atoms with Crippen LogP contribution in [0.3, 0.4) is 0 Å². The zero-order chi connectivity index (χ0) is 15.7. The predicted octanol–water partition coefficient (Wildman–Crippen LogP) is 3.84. The molecule has 2 heteroatoms. The highest BCUT2D eigenvalue weighted by Gasteiger charge is 2.57. The van der Waals surface area contributed by atoms with Crippen molar-refractivity contribution in [1.29, 1.82) is 0 Å². The van der Waals surface area contributed by atoms with Gasteiger partial charge in [-0.15, -0.1) is 0 Å². The van der Waals surface area contributed by atoms with Crippen molar-refractivity contribution in [3.63, 3.8) is 0 Å². The van der Waals surface area contributed by atoms with Crippen LogP contribution in [-0.2, 0) is 0 Å². The van der Waals surface area contributed by atoms with Gasteiger partial charge >= 0.3 is 0 Å². The highest BCUT2D eigenvalue weighted by atomic mass is 16.3. The molecule has 7 atom stereocenters. The summed E-state index contributed by atoms with van der Waals surface area (Å²) in [5.41, 5.74) is 3.57. The van der Waals surface area contributed by atoms with Gasteiger partial charge in [-0.3, -0.25) is 0 Å². The molecular weight excluding hydrogens is 272 g/mol. The Morgan fingerprint density at radius 2 is 1.86 bits per heavy atom. The van der Waals surface area contributed by atoms with Gasteiger partial charge in [0.2, 0.25) is 0 Å². The third-order valence-electron chi connectivity index (χ3n) is 7.89. The van der Waals surface area contributed by atoms with Crippen molar-refractivity contribution in [3.05, 3.63) is 23.3 Å². The van der Waals surface area contributed by atoms with E-state index in [1.807, 2.05) is 6.08 Å². The first-order valence-electron chi connectivity index (χ1n) is 9.11. The van der Waals surface area contributed by atoms with E-state index in [2.05, 4.69) is 26.8 Å². The maximum Gasteiger partial charge on any atom is 0.0724 e. The second-order valence-electron chi connectivity index (χ2n) is 8.91. The van der Waals surface area contributed by atoms with Crippen molar-refractivity contribution in [3.8, 4) is 0 Å². The molecule has 0 radical (unpaired) electrons. The Bertz CT molecular complexity index is 548. The minimum absolute atomic E-state index is 0.105. The van der Waals surface area contributed by atoms with Gasteiger partial charge in [0.15, 0.2) is 0 Å². The molecule has 4 aliphatic rings. The number of allylic oxidation sites excluding steroid dienone is 3. The van der Waals surface area contributed by atoms with Crippen molar-refractivity contribution in [2.24, 2.45) is 28.6 Å². The highest BCUT2D eigenvalue weighted by Crippen LogP contribution is 2.64. The summed E-state index contributed by atoms with van der Waals surface area (Å²) in [6.07, 6.45) is 10.5. The first kappa shape index (κ1) is 15.0. The number of rotatable bonds is 0. The number of hydrogen-bond acceptors (Lipinski definition) is 2. The molecule has 4 aliphatic carbocycles. The van der Waals surface area contributed by atoms with Crippen LogP contribution in [0.4, 0.5) is 0 Å². The molecule has 2 fully saturated rings. The fourth-order valence-electron chi connectivity index (χ4n) is 6.43. The lowest BCUT2D eigenvalue weighted by Crippen LogP contribution is -2.49. The van der Waals surface area contributed by atoms with E-state index in [0.717, 1.165) is 32.1 Å². The molecule has 0 bridgehead atoms. The molecule has 2 nitrogen and oxygen atoms in total. The maximum absolute atomic E-state index is 10.5. The van der Waals surface area contributed by atoms with Gasteiger partial charge in [-0.1, -0.05) is 37.1 Å². The summed E-state index contributed by atoms with van der Waals surface area (Å²) in [4.78, 5) is 0. The van der Waals surface area contributed by atoms with Gasteiger partial charge in [0.25, 0.3) is 0 Å². The van der Waals surface area contributed by atoms with Crippen LogP contribution in [0.25, 0.3) is 0 Å². The van der Waals surface area contributed by atoms with Crippen molar-refractivity contribution < 1.29 is 10.2 Å². The Kier molecular flexibility index (Phi) is 3.20. The van der Waals surface area contributed by atoms with Crippen LogP contribution in [-0.4, -0.2) is 22.4 Å². The van der Waals surface area contributed by atoms with E-state index in [-0.39, 0.29) is 23.0 Å². The minimum atomic E-state index is -0.255. The molecular formula is C20H30O2. The summed E-state index contributed by atoms with van der Waals surface area (Å²) >= 11 is 0. The van der Waals surface area contributed by atoms with Crippen LogP contribution >= 0.6 is 0 Å². The van der Waals surface area contributed by atoms with E-state index in [1.54, 1.807) is 11.1 Å². The molecule has 0 aromatic carbocycles. The Morgan fingerprint density at radius 1 is 1.09 bits per heavy atom. The third-order valence-corrected chi connectivity index (χ3v) is 7.89. The molecule has 122 valence electrons. The summed E-state index contributed by atoms with van der Waals surface area (Å²) in [5, 5.41) is 20.6. The van der Waals surface area contributed by atoms with E-state index in [0.29, 0.717) is 17.8 Å². The monoisotopic (exact) mass is 302 g/mol. The lowest BCUT2D eigenvalue weighted by Gasteiger charge is -2.56. The standard InChI is InChI=1S/C20H30O2/c1-12-10-13-11-14(21)6-8-19(13,2)16-7-9-20(3)15(18(12)16)4-5-17(20)22/h6,8,13-17,21-22H,4-5,7,9-11H2,1-3H3/t13?,14?,15-,16+,17?,19-,20-/m0/s1. The number of hydrogen-bond donors (Lipinski definition) is 2. The number of fused-ring (bicyclic) bond motifs is 5. The van der Waals surface area contributed by atoms with Gasteiger partial charge in [-0.2, -0.15) is 0 Å². The predicted molar refractivity (Wildman–Crippen MR) is 88.2 cm³/mol. The normalized spacial score (nSPS) is 54.0. The fourth-order valence-corrected chi connectivity index (χ4v) is 6.43. The number of aliphatic hydroxyl groups is 2. The van der Waals surface area contributed by atoms with E-state index >= 15 is 0 Å². The van der Waals surface area contributed by atoms with Crippen molar-refractivity contribution >= 4 is 0 Å². The van der Waals surface area contributed by atoms with E-state index in [9.17, 15) is 10.2 Å². The van der Waals surface area contributed by atoms with Crippen LogP contribution in [0.15, 0.2) is 23.3 Å². The smallest absolute Gasteiger partial charge is 0.0724 e. The molecule has 4 rings (SSSR count). The van der Waals surface area contributed by atoms with Crippen molar-refractivity contribution in [2.45, 2.75) is 71.5 Å². The van der Waals surface area contributed by atoms with E-state index in [1.165, 1.54) is 6.42 Å². The van der Waals surface area contributed by atoms with E-state index in [4.69, 9.17) is 0 Å². The van der Waals surface area contributed by atoms with Gasteiger partial charge in [0.05, 0.1) is 12.2 Å². The van der Waals surface area contributed by atoms with Gasteiger partial charge in [-0.05, 0) is 68.6 Å². The molecule has 3 unspecified atom stereocenters. The lowest BCUT2D eigenvalue weighted by atomic mass is 9.48. The Hall–Kier alpha value is -0.600.